The van der Waals surface area contributed by atoms with Crippen molar-refractivity contribution in [2.24, 2.45) is 7.05 Å². The number of halogens is 3. The van der Waals surface area contributed by atoms with Gasteiger partial charge in [-0.3, -0.25) is 14.4 Å². The minimum absolute atomic E-state index is 0.0913. The number of rotatable bonds is 5. The van der Waals surface area contributed by atoms with Crippen LogP contribution in [-0.2, 0) is 18.3 Å². The quantitative estimate of drug-likeness (QED) is 0.630. The van der Waals surface area contributed by atoms with E-state index in [1.54, 1.807) is 27.8 Å². The number of alkyl halides is 1. The molecule has 0 unspecified atom stereocenters. The van der Waals surface area contributed by atoms with E-state index in [0.717, 1.165) is 18.2 Å². The molecule has 1 aromatic carbocycles. The van der Waals surface area contributed by atoms with Gasteiger partial charge in [0.2, 0.25) is 0 Å². The average molecular weight is 437 g/mol. The molecule has 9 heteroatoms. The van der Waals surface area contributed by atoms with Crippen LogP contribution in [0.3, 0.4) is 0 Å². The van der Waals surface area contributed by atoms with Crippen LogP contribution in [0.25, 0.3) is 11.3 Å². The number of carbonyl (C=O) groups is 2. The number of aryl methyl sites for hydroxylation is 1. The number of carbonyl (C=O) groups excluding carboxylic acids is 2. The topological polar surface area (TPSA) is 64.4 Å². The van der Waals surface area contributed by atoms with Crippen LogP contribution >= 0.6 is 0 Å². The lowest BCUT2D eigenvalue weighted by molar-refractivity contribution is 0.0136. The molecule has 1 fully saturated rings. The second-order valence-corrected chi connectivity index (χ2v) is 8.78. The maximum atomic E-state index is 13.9. The van der Waals surface area contributed by atoms with Gasteiger partial charge >= 0.3 is 6.09 Å². The van der Waals surface area contributed by atoms with Crippen molar-refractivity contribution in [2.75, 3.05) is 0 Å². The number of aldehydes is 1. The standard InChI is InChI=1S/C22H26F3N3O3/c1-22(2,3)31-21(30)28(17-6-5-14(23)10-17)11-19-18(12-29)20(27(4)26-19)13-7-15(24)9-16(25)8-13/h7-9,12,14,17H,5-6,10-11H2,1-4H3/t14-,17+/m1/s1. The van der Waals surface area contributed by atoms with Crippen LogP contribution in [0.5, 0.6) is 0 Å². The summed E-state index contributed by atoms with van der Waals surface area (Å²) in [7, 11) is 1.54. The van der Waals surface area contributed by atoms with Gasteiger partial charge in [-0.2, -0.15) is 5.10 Å². The van der Waals surface area contributed by atoms with E-state index in [-0.39, 0.29) is 35.5 Å². The third kappa shape index (κ3) is 5.26. The zero-order chi connectivity index (χ0) is 22.9. The van der Waals surface area contributed by atoms with Gasteiger partial charge in [-0.1, -0.05) is 0 Å². The largest absolute Gasteiger partial charge is 0.444 e. The van der Waals surface area contributed by atoms with Gasteiger partial charge in [0.15, 0.2) is 6.29 Å². The lowest BCUT2D eigenvalue weighted by atomic mass is 10.1. The van der Waals surface area contributed by atoms with Gasteiger partial charge in [-0.15, -0.1) is 0 Å². The molecule has 1 aliphatic carbocycles. The Labute approximate surface area is 179 Å². The Hall–Kier alpha value is -2.84. The van der Waals surface area contributed by atoms with Gasteiger partial charge < -0.3 is 4.74 Å². The summed E-state index contributed by atoms with van der Waals surface area (Å²) in [5.74, 6) is -1.57. The molecule has 0 N–H and O–H groups in total. The first-order valence-corrected chi connectivity index (χ1v) is 10.1. The van der Waals surface area contributed by atoms with Crippen LogP contribution in [0.2, 0.25) is 0 Å². The highest BCUT2D eigenvalue weighted by Crippen LogP contribution is 2.31. The van der Waals surface area contributed by atoms with E-state index in [4.69, 9.17) is 4.74 Å². The lowest BCUT2D eigenvalue weighted by Gasteiger charge is -2.31. The molecule has 0 saturated heterocycles. The monoisotopic (exact) mass is 437 g/mol. The smallest absolute Gasteiger partial charge is 0.410 e. The molecule has 1 aromatic heterocycles. The fourth-order valence-electron chi connectivity index (χ4n) is 3.88. The number of benzene rings is 1. The first-order valence-electron chi connectivity index (χ1n) is 10.1. The summed E-state index contributed by atoms with van der Waals surface area (Å²) in [6.07, 6.45) is -0.140. The SMILES string of the molecule is Cn1nc(CN(C(=O)OC(C)(C)C)[C@H]2CC[C@@H](F)C2)c(C=O)c1-c1cc(F)cc(F)c1. The summed E-state index contributed by atoms with van der Waals surface area (Å²) in [6.45, 7) is 5.09. The normalized spacial score (nSPS) is 18.8. The van der Waals surface area contributed by atoms with Gasteiger partial charge in [0.05, 0.1) is 23.5 Å². The van der Waals surface area contributed by atoms with Gasteiger partial charge in [0, 0.05) is 24.7 Å². The van der Waals surface area contributed by atoms with Crippen molar-refractivity contribution < 1.29 is 27.5 Å². The van der Waals surface area contributed by atoms with Gasteiger partial charge in [0.25, 0.3) is 0 Å². The molecule has 2 aromatic rings. The first-order chi connectivity index (χ1) is 14.5. The van der Waals surface area contributed by atoms with E-state index in [1.807, 2.05) is 0 Å². The first kappa shape index (κ1) is 22.8. The molecule has 1 amide bonds. The third-order valence-electron chi connectivity index (χ3n) is 5.14. The third-order valence-corrected chi connectivity index (χ3v) is 5.14. The van der Waals surface area contributed by atoms with Crippen molar-refractivity contribution in [3.05, 3.63) is 41.1 Å². The minimum Gasteiger partial charge on any atom is -0.444 e. The maximum absolute atomic E-state index is 13.9. The van der Waals surface area contributed by atoms with E-state index in [1.165, 1.54) is 9.58 Å². The summed E-state index contributed by atoms with van der Waals surface area (Å²) in [4.78, 5) is 26.2. The van der Waals surface area contributed by atoms with E-state index in [9.17, 15) is 22.8 Å². The summed E-state index contributed by atoms with van der Waals surface area (Å²) in [5, 5.41) is 4.32. The summed E-state index contributed by atoms with van der Waals surface area (Å²) in [6, 6.07) is 2.54. The molecule has 168 valence electrons. The number of ether oxygens (including phenoxy) is 1. The van der Waals surface area contributed by atoms with Gasteiger partial charge in [-0.05, 0) is 52.2 Å². The minimum atomic E-state index is -1.02. The van der Waals surface area contributed by atoms with Gasteiger partial charge in [-0.25, -0.2) is 18.0 Å². The predicted octanol–water partition coefficient (Wildman–Crippen LogP) is 4.81. The van der Waals surface area contributed by atoms with Crippen LogP contribution in [0.1, 0.15) is 56.1 Å². The molecule has 0 radical (unpaired) electrons. The van der Waals surface area contributed by atoms with Crippen LogP contribution in [0.15, 0.2) is 18.2 Å². The fourth-order valence-corrected chi connectivity index (χ4v) is 3.88. The lowest BCUT2D eigenvalue weighted by Crippen LogP contribution is -2.42. The Balaban J connectivity index is 1.99. The van der Waals surface area contributed by atoms with Crippen molar-refractivity contribution in [1.82, 2.24) is 14.7 Å². The van der Waals surface area contributed by atoms with Crippen LogP contribution in [-0.4, -0.2) is 44.9 Å². The zero-order valence-electron chi connectivity index (χ0n) is 18.0. The second kappa shape index (κ2) is 8.72. The molecule has 0 bridgehead atoms. The average Bonchev–Trinajstić information content (AvgIpc) is 3.19. The number of aromatic nitrogens is 2. The van der Waals surface area contributed by atoms with E-state index in [0.29, 0.717) is 19.1 Å². The van der Waals surface area contributed by atoms with Crippen molar-refractivity contribution >= 4 is 12.4 Å². The number of hydrogen-bond donors (Lipinski definition) is 0. The summed E-state index contributed by atoms with van der Waals surface area (Å²) < 4.78 is 48.2. The Bertz CT molecular complexity index is 964. The molecular formula is C22H26F3N3O3. The fraction of sp³-hybridized carbons (Fsp3) is 0.500. The summed E-state index contributed by atoms with van der Waals surface area (Å²) >= 11 is 0. The molecule has 0 aliphatic heterocycles. The number of nitrogens with zero attached hydrogens (tertiary/aromatic N) is 3. The van der Waals surface area contributed by atoms with Crippen molar-refractivity contribution in [3.63, 3.8) is 0 Å². The Kier molecular flexibility index (Phi) is 6.43. The predicted molar refractivity (Wildman–Crippen MR) is 108 cm³/mol. The van der Waals surface area contributed by atoms with Crippen molar-refractivity contribution in [3.8, 4) is 11.3 Å². The molecule has 1 aliphatic rings. The molecule has 6 nitrogen and oxygen atoms in total. The number of amides is 1. The van der Waals surface area contributed by atoms with Crippen molar-refractivity contribution in [2.45, 2.75) is 64.4 Å². The Morgan fingerprint density at radius 3 is 2.42 bits per heavy atom. The maximum Gasteiger partial charge on any atom is 0.410 e. The zero-order valence-corrected chi connectivity index (χ0v) is 18.0. The molecule has 1 saturated carbocycles. The highest BCUT2D eigenvalue weighted by Gasteiger charge is 2.35. The molecule has 0 spiro atoms. The van der Waals surface area contributed by atoms with Gasteiger partial charge in [0.1, 0.15) is 23.4 Å². The van der Waals surface area contributed by atoms with Crippen molar-refractivity contribution in [1.29, 1.82) is 0 Å². The van der Waals surface area contributed by atoms with E-state index >= 15 is 0 Å². The highest BCUT2D eigenvalue weighted by molar-refractivity contribution is 5.87. The number of hydrogen-bond acceptors (Lipinski definition) is 4. The summed E-state index contributed by atoms with van der Waals surface area (Å²) in [5.41, 5.74) is -0.0388. The molecule has 2 atom stereocenters. The molecule has 3 rings (SSSR count). The van der Waals surface area contributed by atoms with Crippen LogP contribution in [0, 0.1) is 11.6 Å². The van der Waals surface area contributed by atoms with E-state index < -0.39 is 35.5 Å². The Morgan fingerprint density at radius 2 is 1.90 bits per heavy atom. The van der Waals surface area contributed by atoms with E-state index in [2.05, 4.69) is 5.10 Å². The molecule has 1 heterocycles. The van der Waals surface area contributed by atoms with Crippen LogP contribution in [0.4, 0.5) is 18.0 Å². The molecule has 31 heavy (non-hydrogen) atoms. The Morgan fingerprint density at radius 1 is 1.26 bits per heavy atom. The highest BCUT2D eigenvalue weighted by atomic mass is 19.1. The second-order valence-electron chi connectivity index (χ2n) is 8.78. The molecular weight excluding hydrogens is 411 g/mol. The van der Waals surface area contributed by atoms with Crippen LogP contribution < -0.4 is 0 Å².